The molecule has 0 spiro atoms. The SMILES string of the molecule is CCN1c2ccc(/C=C3/SC(=O)N(CC(=O)Nc4ccc(Br)cc4)C3=O)cc2C(C)CC1(C)C. The molecule has 2 heterocycles. The Labute approximate surface area is 212 Å². The number of carbonyl (C=O) groups is 3. The van der Waals surface area contributed by atoms with Crippen LogP contribution in [0.15, 0.2) is 51.8 Å². The Morgan fingerprint density at radius 3 is 2.59 bits per heavy atom. The van der Waals surface area contributed by atoms with Crippen molar-refractivity contribution in [2.24, 2.45) is 0 Å². The molecule has 2 aromatic carbocycles. The number of hydrogen-bond donors (Lipinski definition) is 1. The summed E-state index contributed by atoms with van der Waals surface area (Å²) in [5.74, 6) is -0.475. The molecule has 3 amide bonds. The van der Waals surface area contributed by atoms with Crippen LogP contribution in [0.5, 0.6) is 0 Å². The molecule has 1 atom stereocenters. The summed E-state index contributed by atoms with van der Waals surface area (Å²) in [4.78, 5) is 41.6. The molecule has 0 radical (unpaired) electrons. The lowest BCUT2D eigenvalue weighted by Gasteiger charge is -2.47. The van der Waals surface area contributed by atoms with E-state index < -0.39 is 17.1 Å². The van der Waals surface area contributed by atoms with Crippen LogP contribution in [0.2, 0.25) is 0 Å². The maximum atomic E-state index is 12.9. The highest BCUT2D eigenvalue weighted by Crippen LogP contribution is 2.44. The van der Waals surface area contributed by atoms with Crippen molar-refractivity contribution >= 4 is 62.2 Å². The zero-order valence-corrected chi connectivity index (χ0v) is 22.1. The number of halogens is 1. The molecule has 8 heteroatoms. The summed E-state index contributed by atoms with van der Waals surface area (Å²) < 4.78 is 0.893. The number of fused-ring (bicyclic) bond motifs is 1. The Morgan fingerprint density at radius 1 is 1.21 bits per heavy atom. The van der Waals surface area contributed by atoms with E-state index in [2.05, 4.69) is 66.0 Å². The van der Waals surface area contributed by atoms with E-state index in [1.807, 2.05) is 6.07 Å². The fraction of sp³-hybridized carbons (Fsp3) is 0.346. The van der Waals surface area contributed by atoms with Gasteiger partial charge in [-0.1, -0.05) is 28.9 Å². The van der Waals surface area contributed by atoms with Gasteiger partial charge in [0.25, 0.3) is 11.1 Å². The molecule has 0 bridgehead atoms. The summed E-state index contributed by atoms with van der Waals surface area (Å²) in [6, 6.07) is 13.3. The highest BCUT2D eigenvalue weighted by molar-refractivity contribution is 9.10. The average Bonchev–Trinajstić information content (AvgIpc) is 3.02. The van der Waals surface area contributed by atoms with Crippen LogP contribution in [0.1, 0.15) is 51.2 Å². The molecule has 1 unspecified atom stereocenters. The molecular formula is C26H28BrN3O3S. The van der Waals surface area contributed by atoms with Crippen molar-refractivity contribution in [1.82, 2.24) is 4.90 Å². The summed E-state index contributed by atoms with van der Waals surface area (Å²) in [5.41, 5.74) is 4.04. The number of rotatable bonds is 5. The van der Waals surface area contributed by atoms with Crippen molar-refractivity contribution < 1.29 is 14.4 Å². The lowest BCUT2D eigenvalue weighted by molar-refractivity contribution is -0.127. The van der Waals surface area contributed by atoms with Crippen LogP contribution in [0.25, 0.3) is 6.08 Å². The van der Waals surface area contributed by atoms with Crippen molar-refractivity contribution in [2.45, 2.75) is 45.6 Å². The third kappa shape index (κ3) is 4.93. The highest BCUT2D eigenvalue weighted by Gasteiger charge is 2.37. The van der Waals surface area contributed by atoms with E-state index in [1.165, 1.54) is 11.3 Å². The molecule has 1 fully saturated rings. The van der Waals surface area contributed by atoms with Gasteiger partial charge in [0.15, 0.2) is 0 Å². The van der Waals surface area contributed by atoms with Gasteiger partial charge in [-0.2, -0.15) is 0 Å². The number of carbonyl (C=O) groups excluding carboxylic acids is 3. The first-order valence-electron chi connectivity index (χ1n) is 11.3. The normalized spacial score (nSPS) is 20.6. The van der Waals surface area contributed by atoms with Gasteiger partial charge in [-0.3, -0.25) is 19.3 Å². The van der Waals surface area contributed by atoms with Gasteiger partial charge in [0.1, 0.15) is 6.54 Å². The Morgan fingerprint density at radius 2 is 1.91 bits per heavy atom. The number of thioether (sulfide) groups is 1. The van der Waals surface area contributed by atoms with E-state index >= 15 is 0 Å². The van der Waals surface area contributed by atoms with Crippen LogP contribution >= 0.6 is 27.7 Å². The van der Waals surface area contributed by atoms with Crippen LogP contribution in [0.3, 0.4) is 0 Å². The summed E-state index contributed by atoms with van der Waals surface area (Å²) in [5, 5.41) is 2.28. The Hall–Kier alpha value is -2.58. The monoisotopic (exact) mass is 541 g/mol. The van der Waals surface area contributed by atoms with Crippen LogP contribution in [0.4, 0.5) is 16.2 Å². The van der Waals surface area contributed by atoms with E-state index in [4.69, 9.17) is 0 Å². The molecule has 0 aliphatic carbocycles. The highest BCUT2D eigenvalue weighted by atomic mass is 79.9. The molecule has 1 saturated heterocycles. The van der Waals surface area contributed by atoms with Crippen LogP contribution in [-0.2, 0) is 9.59 Å². The lowest BCUT2D eigenvalue weighted by Crippen LogP contribution is -2.48. The van der Waals surface area contributed by atoms with Crippen molar-refractivity contribution in [3.8, 4) is 0 Å². The second kappa shape index (κ2) is 9.58. The number of benzene rings is 2. The van der Waals surface area contributed by atoms with Gasteiger partial charge in [-0.15, -0.1) is 0 Å². The van der Waals surface area contributed by atoms with Crippen LogP contribution in [-0.4, -0.2) is 40.6 Å². The molecule has 2 aliphatic rings. The topological polar surface area (TPSA) is 69.7 Å². The van der Waals surface area contributed by atoms with Gasteiger partial charge in [0, 0.05) is 27.9 Å². The average molecular weight is 542 g/mol. The molecule has 178 valence electrons. The van der Waals surface area contributed by atoms with Crippen LogP contribution in [0, 0.1) is 0 Å². The molecule has 4 rings (SSSR count). The van der Waals surface area contributed by atoms with Gasteiger partial charge >= 0.3 is 0 Å². The third-order valence-corrected chi connectivity index (χ3v) is 7.76. The Kier molecular flexibility index (Phi) is 6.92. The molecular weight excluding hydrogens is 514 g/mol. The van der Waals surface area contributed by atoms with Crippen molar-refractivity contribution in [2.75, 3.05) is 23.3 Å². The first-order chi connectivity index (χ1) is 16.1. The van der Waals surface area contributed by atoms with Gasteiger partial charge in [0.05, 0.1) is 4.91 Å². The molecule has 2 aromatic rings. The van der Waals surface area contributed by atoms with E-state index in [0.717, 1.165) is 39.7 Å². The Bertz CT molecular complexity index is 1180. The number of amides is 3. The Balaban J connectivity index is 1.50. The summed E-state index contributed by atoms with van der Waals surface area (Å²) in [6.45, 7) is 9.54. The third-order valence-electron chi connectivity index (χ3n) is 6.33. The number of nitrogens with one attached hydrogen (secondary N) is 1. The number of imide groups is 1. The fourth-order valence-electron chi connectivity index (χ4n) is 4.86. The fourth-order valence-corrected chi connectivity index (χ4v) is 5.96. The largest absolute Gasteiger partial charge is 0.366 e. The molecule has 2 aliphatic heterocycles. The summed E-state index contributed by atoms with van der Waals surface area (Å²) in [7, 11) is 0. The molecule has 0 saturated carbocycles. The van der Waals surface area contributed by atoms with E-state index in [9.17, 15) is 14.4 Å². The minimum Gasteiger partial charge on any atom is -0.366 e. The lowest BCUT2D eigenvalue weighted by atomic mass is 9.79. The van der Waals surface area contributed by atoms with Crippen molar-refractivity contribution in [3.05, 3.63) is 63.0 Å². The van der Waals surface area contributed by atoms with Crippen molar-refractivity contribution in [1.29, 1.82) is 0 Å². The van der Waals surface area contributed by atoms with Gasteiger partial charge in [0.2, 0.25) is 5.91 Å². The number of nitrogens with zero attached hydrogens (tertiary/aromatic N) is 2. The smallest absolute Gasteiger partial charge is 0.294 e. The van der Waals surface area contributed by atoms with Gasteiger partial charge in [-0.25, -0.2) is 0 Å². The predicted octanol–water partition coefficient (Wildman–Crippen LogP) is 6.24. The maximum Gasteiger partial charge on any atom is 0.294 e. The second-order valence-electron chi connectivity index (χ2n) is 9.30. The number of anilines is 2. The minimum atomic E-state index is -0.442. The molecule has 1 N–H and O–H groups in total. The zero-order valence-electron chi connectivity index (χ0n) is 19.7. The van der Waals surface area contributed by atoms with Gasteiger partial charge in [-0.05, 0) is 98.5 Å². The predicted molar refractivity (Wildman–Crippen MR) is 142 cm³/mol. The zero-order chi connectivity index (χ0) is 24.6. The first-order valence-corrected chi connectivity index (χ1v) is 12.9. The molecule has 0 aromatic heterocycles. The van der Waals surface area contributed by atoms with E-state index in [1.54, 1.807) is 30.3 Å². The number of hydrogen-bond acceptors (Lipinski definition) is 5. The standard InChI is InChI=1S/C26H28BrN3O3S/c1-5-30-21-11-6-17(12-20(21)16(2)14-26(30,3)4)13-22-24(32)29(25(33)34-22)15-23(31)28-19-9-7-18(27)8-10-19/h6-13,16H,5,14-15H2,1-4H3,(H,28,31)/b22-13+. The molecule has 6 nitrogen and oxygen atoms in total. The minimum absolute atomic E-state index is 0.0855. The second-order valence-corrected chi connectivity index (χ2v) is 11.2. The first kappa shape index (κ1) is 24.5. The molecule has 34 heavy (non-hydrogen) atoms. The van der Waals surface area contributed by atoms with E-state index in [-0.39, 0.29) is 12.1 Å². The van der Waals surface area contributed by atoms with Gasteiger partial charge < -0.3 is 10.2 Å². The van der Waals surface area contributed by atoms with Crippen LogP contribution < -0.4 is 10.2 Å². The summed E-state index contributed by atoms with van der Waals surface area (Å²) in [6.07, 6.45) is 2.79. The maximum absolute atomic E-state index is 12.9. The van der Waals surface area contributed by atoms with E-state index in [0.29, 0.717) is 16.5 Å². The summed E-state index contributed by atoms with van der Waals surface area (Å²) >= 11 is 4.22. The quantitative estimate of drug-likeness (QED) is 0.454. The van der Waals surface area contributed by atoms with Crippen molar-refractivity contribution in [3.63, 3.8) is 0 Å².